The number of Topliss-reactive ketones (excluding diaryl/α,β-unsaturated/α-hetero) is 1. The summed E-state index contributed by atoms with van der Waals surface area (Å²) in [4.78, 5) is 13.1. The Morgan fingerprint density at radius 1 is 1.08 bits per heavy atom. The number of halogens is 2. The third kappa shape index (κ3) is 6.54. The molecular weight excluding hydrogens is 592 g/mol. The largest absolute Gasteiger partial charge is 0.542 e. The molecule has 0 aliphatic rings. The van der Waals surface area contributed by atoms with Crippen LogP contribution in [-0.2, 0) is 15.6 Å². The van der Waals surface area contributed by atoms with Crippen LogP contribution >= 0.6 is 27.5 Å². The number of carbonyl (C=O) groups excluding carboxylic acids is 1. The number of hydrogen-bond donors (Lipinski definition) is 1. The third-order valence-electron chi connectivity index (χ3n) is 6.76. The average molecular weight is 624 g/mol. The molecule has 5 nitrogen and oxygen atoms in total. The Morgan fingerprint density at radius 2 is 1.70 bits per heavy atom. The number of hydrogen-bond acceptors (Lipinski definition) is 5. The molecule has 0 aliphatic carbocycles. The first-order chi connectivity index (χ1) is 17.0. The van der Waals surface area contributed by atoms with Crippen molar-refractivity contribution in [3.05, 3.63) is 92.4 Å². The van der Waals surface area contributed by atoms with Gasteiger partial charge in [-0.1, -0.05) is 74.8 Å². The van der Waals surface area contributed by atoms with Crippen LogP contribution in [0.25, 0.3) is 0 Å². The minimum atomic E-state index is -3.95. The first-order valence-corrected chi connectivity index (χ1v) is 17.5. The Balaban J connectivity index is 2.03. The van der Waals surface area contributed by atoms with Crippen molar-refractivity contribution >= 4 is 51.5 Å². The second kappa shape index (κ2) is 11.0. The molecule has 0 bridgehead atoms. The first-order valence-electron chi connectivity index (χ1n) is 11.8. The fourth-order valence-electron chi connectivity index (χ4n) is 3.52. The van der Waals surface area contributed by atoms with Crippen molar-refractivity contribution in [3.63, 3.8) is 0 Å². The molecule has 3 rings (SSSR count). The predicted molar refractivity (Wildman–Crippen MR) is 155 cm³/mol. The van der Waals surface area contributed by atoms with Gasteiger partial charge in [0.2, 0.25) is 0 Å². The summed E-state index contributed by atoms with van der Waals surface area (Å²) in [5, 5.41) is 10.9. The van der Waals surface area contributed by atoms with Gasteiger partial charge in [0.1, 0.15) is 11.9 Å². The molecule has 37 heavy (non-hydrogen) atoms. The molecule has 1 N–H and O–H groups in total. The van der Waals surface area contributed by atoms with Crippen molar-refractivity contribution in [1.29, 1.82) is 0 Å². The van der Waals surface area contributed by atoms with Crippen molar-refractivity contribution < 1.29 is 22.7 Å². The summed E-state index contributed by atoms with van der Waals surface area (Å²) < 4.78 is 34.3. The number of carbonyl (C=O) groups is 1. The smallest absolute Gasteiger partial charge is 0.250 e. The molecule has 0 spiro atoms. The number of aliphatic hydroxyl groups is 1. The molecular formula is C28H32BrClO5SSi. The van der Waals surface area contributed by atoms with Crippen LogP contribution in [0.4, 0.5) is 0 Å². The highest BCUT2D eigenvalue weighted by Crippen LogP contribution is 2.41. The fraction of sp³-hybridized carbons (Fsp3) is 0.321. The van der Waals surface area contributed by atoms with Gasteiger partial charge in [0.05, 0.1) is 15.7 Å². The number of aliphatic hydroxyl groups excluding tert-OH is 1. The molecule has 0 heterocycles. The Labute approximate surface area is 234 Å². The maximum atomic E-state index is 13.7. The maximum Gasteiger partial charge on any atom is 0.250 e. The summed E-state index contributed by atoms with van der Waals surface area (Å²) in [7, 11) is -6.26. The number of para-hydroxylation sites is 1. The van der Waals surface area contributed by atoms with Gasteiger partial charge in [-0.15, -0.1) is 0 Å². The zero-order valence-corrected chi connectivity index (χ0v) is 26.0. The van der Waals surface area contributed by atoms with Crippen LogP contribution in [0.3, 0.4) is 0 Å². The summed E-state index contributed by atoms with van der Waals surface area (Å²) in [6, 6.07) is 16.5. The van der Waals surface area contributed by atoms with Gasteiger partial charge in [-0.05, 0) is 70.3 Å². The zero-order valence-electron chi connectivity index (χ0n) is 21.8. The molecule has 0 aromatic heterocycles. The lowest BCUT2D eigenvalue weighted by molar-refractivity contribution is 0.0747. The van der Waals surface area contributed by atoms with Gasteiger partial charge in [0.15, 0.2) is 15.6 Å². The van der Waals surface area contributed by atoms with Crippen molar-refractivity contribution in [2.45, 2.75) is 62.6 Å². The molecule has 3 aromatic carbocycles. The second-order valence-corrected chi connectivity index (χ2v) is 18.5. The van der Waals surface area contributed by atoms with Crippen LogP contribution in [0.5, 0.6) is 5.75 Å². The molecule has 0 radical (unpaired) electrons. The van der Waals surface area contributed by atoms with Gasteiger partial charge in [0, 0.05) is 15.6 Å². The lowest BCUT2D eigenvalue weighted by Gasteiger charge is -2.37. The van der Waals surface area contributed by atoms with E-state index in [0.29, 0.717) is 31.9 Å². The van der Waals surface area contributed by atoms with Gasteiger partial charge >= 0.3 is 0 Å². The Hall–Kier alpha value is -1.97. The number of sulfone groups is 1. The zero-order chi connectivity index (χ0) is 27.8. The van der Waals surface area contributed by atoms with Crippen molar-refractivity contribution in [2.75, 3.05) is 0 Å². The lowest BCUT2D eigenvalue weighted by atomic mass is 9.99. The standard InChI is InChI=1S/C28H32BrClO5SSi/c1-18-15-21(26(32)25(31)19-11-8-7-9-12-19)16-23(24(18)29)36(33,34)17-20-13-10-14-22(30)27(20)35-37(5,6)28(2,3)4/h7-16,25,31H,17H2,1-6H3. The second-order valence-electron chi connectivity index (χ2n) is 10.6. The van der Waals surface area contributed by atoms with E-state index >= 15 is 0 Å². The molecule has 0 saturated carbocycles. The molecule has 1 unspecified atom stereocenters. The third-order valence-corrected chi connectivity index (χ3v) is 14.4. The van der Waals surface area contributed by atoms with E-state index in [2.05, 4.69) is 49.8 Å². The van der Waals surface area contributed by atoms with Gasteiger partial charge < -0.3 is 9.53 Å². The summed E-state index contributed by atoms with van der Waals surface area (Å²) >= 11 is 9.90. The van der Waals surface area contributed by atoms with Crippen LogP contribution in [-0.4, -0.2) is 27.6 Å². The Bertz CT molecular complexity index is 1420. The van der Waals surface area contributed by atoms with Crippen molar-refractivity contribution in [2.24, 2.45) is 0 Å². The molecule has 0 aliphatic heterocycles. The van der Waals surface area contributed by atoms with Gasteiger partial charge in [-0.3, -0.25) is 4.79 Å². The molecule has 0 saturated heterocycles. The molecule has 9 heteroatoms. The van der Waals surface area contributed by atoms with Crippen LogP contribution in [0.15, 0.2) is 70.0 Å². The summed E-state index contributed by atoms with van der Waals surface area (Å²) in [5.41, 5.74) is 1.56. The molecule has 3 aromatic rings. The Kier molecular flexibility index (Phi) is 8.81. The molecule has 1 atom stereocenters. The normalized spacial score (nSPS) is 13.3. The minimum Gasteiger partial charge on any atom is -0.542 e. The molecule has 198 valence electrons. The minimum absolute atomic E-state index is 0.0330. The summed E-state index contributed by atoms with van der Waals surface area (Å²) in [6.45, 7) is 12.1. The van der Waals surface area contributed by atoms with Crippen molar-refractivity contribution in [3.8, 4) is 5.75 Å². The number of benzene rings is 3. The van der Waals surface area contributed by atoms with E-state index in [9.17, 15) is 18.3 Å². The maximum absolute atomic E-state index is 13.7. The van der Waals surface area contributed by atoms with Crippen molar-refractivity contribution in [1.82, 2.24) is 0 Å². The SMILES string of the molecule is Cc1cc(C(=O)C(O)c2ccccc2)cc(S(=O)(=O)Cc2cccc(Cl)c2O[Si](C)(C)C(C)(C)C)c1Br. The highest BCUT2D eigenvalue weighted by Gasteiger charge is 2.40. The number of rotatable bonds is 8. The van der Waals surface area contributed by atoms with Gasteiger partial charge in [-0.2, -0.15) is 0 Å². The van der Waals surface area contributed by atoms with E-state index in [4.69, 9.17) is 16.0 Å². The number of aryl methyl sites for hydroxylation is 1. The summed E-state index contributed by atoms with van der Waals surface area (Å²) in [5.74, 6) is -0.573. The van der Waals surface area contributed by atoms with E-state index in [1.165, 1.54) is 6.07 Å². The van der Waals surface area contributed by atoms with Crippen LogP contribution in [0.1, 0.15) is 53.9 Å². The van der Waals surface area contributed by atoms with E-state index < -0.39 is 30.0 Å². The quantitative estimate of drug-likeness (QED) is 0.206. The van der Waals surface area contributed by atoms with E-state index in [1.54, 1.807) is 61.5 Å². The molecule has 0 amide bonds. The van der Waals surface area contributed by atoms with Gasteiger partial charge in [0.25, 0.3) is 8.32 Å². The monoisotopic (exact) mass is 622 g/mol. The lowest BCUT2D eigenvalue weighted by Crippen LogP contribution is -2.44. The van der Waals surface area contributed by atoms with E-state index in [-0.39, 0.29) is 21.3 Å². The van der Waals surface area contributed by atoms with E-state index in [1.807, 2.05) is 0 Å². The van der Waals surface area contributed by atoms with Crippen LogP contribution in [0, 0.1) is 6.92 Å². The highest BCUT2D eigenvalue weighted by molar-refractivity contribution is 9.10. The highest BCUT2D eigenvalue weighted by atomic mass is 79.9. The average Bonchev–Trinajstić information content (AvgIpc) is 2.81. The predicted octanol–water partition coefficient (Wildman–Crippen LogP) is 7.69. The van der Waals surface area contributed by atoms with Crippen LogP contribution in [0.2, 0.25) is 23.2 Å². The fourth-order valence-corrected chi connectivity index (χ4v) is 7.38. The molecule has 0 fully saturated rings. The topological polar surface area (TPSA) is 80.7 Å². The summed E-state index contributed by atoms with van der Waals surface area (Å²) in [6.07, 6.45) is -1.41. The van der Waals surface area contributed by atoms with Crippen LogP contribution < -0.4 is 4.43 Å². The van der Waals surface area contributed by atoms with E-state index in [0.717, 1.165) is 0 Å². The number of ketones is 1. The van der Waals surface area contributed by atoms with Gasteiger partial charge in [-0.25, -0.2) is 8.42 Å². The first kappa shape index (κ1) is 29.6. The Morgan fingerprint density at radius 3 is 2.30 bits per heavy atom.